The van der Waals surface area contributed by atoms with Crippen LogP contribution in [0.5, 0.6) is 0 Å². The number of nitrogens with one attached hydrogen (secondary N) is 3. The van der Waals surface area contributed by atoms with E-state index in [1.54, 1.807) is 7.05 Å². The molecule has 0 aliphatic rings. The molecule has 0 saturated heterocycles. The smallest absolute Gasteiger partial charge is 0.326 e. The number of carbonyl (C=O) groups is 1. The van der Waals surface area contributed by atoms with Crippen LogP contribution in [0.25, 0.3) is 0 Å². The molecule has 1 aromatic rings. The zero-order chi connectivity index (χ0) is 13.5. The Morgan fingerprint density at radius 3 is 2.39 bits per heavy atom. The number of aryl methyl sites for hydroxylation is 2. The Balaban J connectivity index is 2.71. The fourth-order valence-corrected chi connectivity index (χ4v) is 1.61. The first-order valence-electron chi connectivity index (χ1n) is 5.93. The van der Waals surface area contributed by atoms with E-state index in [0.717, 1.165) is 16.8 Å². The first-order chi connectivity index (χ1) is 8.58. The van der Waals surface area contributed by atoms with Crippen LogP contribution in [0.2, 0.25) is 0 Å². The highest BCUT2D eigenvalue weighted by Crippen LogP contribution is 2.18. The highest BCUT2D eigenvalue weighted by atomic mass is 16.2. The van der Waals surface area contributed by atoms with Crippen molar-refractivity contribution in [3.8, 4) is 0 Å². The molecule has 18 heavy (non-hydrogen) atoms. The van der Waals surface area contributed by atoms with Gasteiger partial charge in [-0.3, -0.25) is 10.3 Å². The fourth-order valence-electron chi connectivity index (χ4n) is 1.61. The molecular weight excluding hydrogens is 228 g/mol. The Morgan fingerprint density at radius 2 is 1.89 bits per heavy atom. The predicted octanol–water partition coefficient (Wildman–Crippen LogP) is 2.02. The quantitative estimate of drug-likeness (QED) is 0.554. The van der Waals surface area contributed by atoms with Crippen LogP contribution >= 0.6 is 0 Å². The summed E-state index contributed by atoms with van der Waals surface area (Å²) in [5.41, 5.74) is 2.90. The Hall–Kier alpha value is -2.04. The number of aliphatic imine (C=N–C) groups is 1. The number of nitrogens with zero attached hydrogens (tertiary/aromatic N) is 1. The van der Waals surface area contributed by atoms with E-state index >= 15 is 0 Å². The van der Waals surface area contributed by atoms with E-state index in [0.29, 0.717) is 12.5 Å². The van der Waals surface area contributed by atoms with Gasteiger partial charge in [0, 0.05) is 19.3 Å². The Bertz CT molecular complexity index is 434. The van der Waals surface area contributed by atoms with Crippen molar-refractivity contribution in [2.24, 2.45) is 4.99 Å². The van der Waals surface area contributed by atoms with Crippen LogP contribution < -0.4 is 16.0 Å². The van der Waals surface area contributed by atoms with E-state index < -0.39 is 0 Å². The third-order valence-electron chi connectivity index (χ3n) is 2.52. The zero-order valence-electron chi connectivity index (χ0n) is 11.3. The number of anilines is 1. The third kappa shape index (κ3) is 3.76. The van der Waals surface area contributed by atoms with Crippen molar-refractivity contribution in [2.75, 3.05) is 18.9 Å². The maximum Gasteiger partial charge on any atom is 0.326 e. The Morgan fingerprint density at radius 1 is 1.28 bits per heavy atom. The average molecular weight is 248 g/mol. The van der Waals surface area contributed by atoms with Crippen molar-refractivity contribution in [3.05, 3.63) is 29.3 Å². The van der Waals surface area contributed by atoms with Gasteiger partial charge in [0.2, 0.25) is 0 Å². The average Bonchev–Trinajstić information content (AvgIpc) is 2.33. The van der Waals surface area contributed by atoms with Crippen molar-refractivity contribution in [1.82, 2.24) is 10.6 Å². The molecule has 0 spiro atoms. The van der Waals surface area contributed by atoms with Gasteiger partial charge < -0.3 is 10.6 Å². The summed E-state index contributed by atoms with van der Waals surface area (Å²) < 4.78 is 0. The summed E-state index contributed by atoms with van der Waals surface area (Å²) in [6.07, 6.45) is 0. The molecule has 0 atom stereocenters. The maximum absolute atomic E-state index is 11.8. The number of urea groups is 1. The lowest BCUT2D eigenvalue weighted by atomic mass is 10.1. The standard InChI is InChI=1S/C13H20N4O/c1-5-15-12(14-4)17-13(18)16-11-9(2)7-6-8-10(11)3/h6-8H,5H2,1-4H3,(H3,14,15,16,17,18). The van der Waals surface area contributed by atoms with Crippen LogP contribution in [0.1, 0.15) is 18.1 Å². The number of benzene rings is 1. The summed E-state index contributed by atoms with van der Waals surface area (Å²) in [7, 11) is 1.62. The molecule has 5 heteroatoms. The molecular formula is C13H20N4O. The molecule has 0 aromatic heterocycles. The minimum Gasteiger partial charge on any atom is -0.356 e. The van der Waals surface area contributed by atoms with E-state index in [4.69, 9.17) is 0 Å². The number of hydrogen-bond donors (Lipinski definition) is 3. The second-order valence-electron chi connectivity index (χ2n) is 3.95. The summed E-state index contributed by atoms with van der Waals surface area (Å²) in [5.74, 6) is 0.459. The summed E-state index contributed by atoms with van der Waals surface area (Å²) in [4.78, 5) is 15.8. The first-order valence-corrected chi connectivity index (χ1v) is 5.93. The molecule has 0 unspecified atom stereocenters. The summed E-state index contributed by atoms with van der Waals surface area (Å²) in [6, 6.07) is 5.59. The maximum atomic E-state index is 11.8. The van der Waals surface area contributed by atoms with Gasteiger partial charge in [-0.2, -0.15) is 0 Å². The molecule has 0 bridgehead atoms. The van der Waals surface area contributed by atoms with Crippen molar-refractivity contribution in [1.29, 1.82) is 0 Å². The third-order valence-corrected chi connectivity index (χ3v) is 2.52. The topological polar surface area (TPSA) is 65.5 Å². The monoisotopic (exact) mass is 248 g/mol. The summed E-state index contributed by atoms with van der Waals surface area (Å²) in [6.45, 7) is 6.57. The number of amides is 2. The normalized spacial score (nSPS) is 11.0. The molecule has 5 nitrogen and oxygen atoms in total. The number of rotatable bonds is 2. The van der Waals surface area contributed by atoms with E-state index in [1.807, 2.05) is 39.0 Å². The van der Waals surface area contributed by atoms with Crippen LogP contribution in [0.4, 0.5) is 10.5 Å². The van der Waals surface area contributed by atoms with Crippen LogP contribution in [0.15, 0.2) is 23.2 Å². The molecule has 0 heterocycles. The van der Waals surface area contributed by atoms with Crippen LogP contribution in [0.3, 0.4) is 0 Å². The molecule has 98 valence electrons. The van der Waals surface area contributed by atoms with Crippen molar-refractivity contribution < 1.29 is 4.79 Å². The molecule has 1 aromatic carbocycles. The van der Waals surface area contributed by atoms with Gasteiger partial charge in [-0.25, -0.2) is 4.79 Å². The van der Waals surface area contributed by atoms with E-state index in [1.165, 1.54) is 0 Å². The molecule has 1 rings (SSSR count). The first kappa shape index (κ1) is 14.0. The van der Waals surface area contributed by atoms with Crippen molar-refractivity contribution in [2.45, 2.75) is 20.8 Å². The molecule has 0 aliphatic carbocycles. The molecule has 0 aliphatic heterocycles. The lowest BCUT2D eigenvalue weighted by molar-refractivity contribution is 0.256. The molecule has 0 radical (unpaired) electrons. The van der Waals surface area contributed by atoms with Crippen LogP contribution in [-0.4, -0.2) is 25.6 Å². The van der Waals surface area contributed by atoms with Gasteiger partial charge in [-0.1, -0.05) is 18.2 Å². The van der Waals surface area contributed by atoms with Crippen LogP contribution in [0, 0.1) is 13.8 Å². The van der Waals surface area contributed by atoms with E-state index in [2.05, 4.69) is 20.9 Å². The summed E-state index contributed by atoms with van der Waals surface area (Å²) in [5, 5.41) is 8.45. The highest BCUT2D eigenvalue weighted by Gasteiger charge is 2.08. The Labute approximate surface area is 108 Å². The largest absolute Gasteiger partial charge is 0.356 e. The van der Waals surface area contributed by atoms with Crippen molar-refractivity contribution >= 4 is 17.7 Å². The van der Waals surface area contributed by atoms with Gasteiger partial charge >= 0.3 is 6.03 Å². The molecule has 0 fully saturated rings. The van der Waals surface area contributed by atoms with E-state index in [-0.39, 0.29) is 6.03 Å². The van der Waals surface area contributed by atoms with Gasteiger partial charge in [0.25, 0.3) is 0 Å². The zero-order valence-corrected chi connectivity index (χ0v) is 11.3. The van der Waals surface area contributed by atoms with Gasteiger partial charge in [-0.05, 0) is 31.9 Å². The van der Waals surface area contributed by atoms with Gasteiger partial charge in [-0.15, -0.1) is 0 Å². The van der Waals surface area contributed by atoms with E-state index in [9.17, 15) is 4.79 Å². The lowest BCUT2D eigenvalue weighted by Crippen LogP contribution is -2.43. The number of hydrogen-bond acceptors (Lipinski definition) is 2. The van der Waals surface area contributed by atoms with Crippen molar-refractivity contribution in [3.63, 3.8) is 0 Å². The second-order valence-corrected chi connectivity index (χ2v) is 3.95. The SMILES string of the molecule is CCNC(=NC)NC(=O)Nc1c(C)cccc1C. The summed E-state index contributed by atoms with van der Waals surface area (Å²) >= 11 is 0. The lowest BCUT2D eigenvalue weighted by Gasteiger charge is -2.13. The van der Waals surface area contributed by atoms with Crippen LogP contribution in [-0.2, 0) is 0 Å². The molecule has 0 saturated carbocycles. The highest BCUT2D eigenvalue weighted by molar-refractivity contribution is 6.02. The minimum absolute atomic E-state index is 0.297. The number of para-hydroxylation sites is 1. The van der Waals surface area contributed by atoms with Gasteiger partial charge in [0.05, 0.1) is 0 Å². The van der Waals surface area contributed by atoms with Gasteiger partial charge in [0.15, 0.2) is 5.96 Å². The minimum atomic E-state index is -0.297. The van der Waals surface area contributed by atoms with Gasteiger partial charge in [0.1, 0.15) is 0 Å². The predicted molar refractivity (Wildman–Crippen MR) is 75.1 cm³/mol. The number of guanidine groups is 1. The second kappa shape index (κ2) is 6.64. The molecule has 2 amide bonds. The number of carbonyl (C=O) groups excluding carboxylic acids is 1. The Kier molecular flexibility index (Phi) is 5.17. The fraction of sp³-hybridized carbons (Fsp3) is 0.385. The molecule has 3 N–H and O–H groups in total.